The van der Waals surface area contributed by atoms with Crippen LogP contribution in [0, 0.1) is 0 Å². The largest absolute Gasteiger partial charge is 1.00 e. The normalized spacial score (nSPS) is 22.7. The molecule has 24 heavy (non-hydrogen) atoms. The Hall–Kier alpha value is -0.193. The first kappa shape index (κ1) is 26.0. The van der Waals surface area contributed by atoms with Crippen molar-refractivity contribution in [1.29, 1.82) is 0 Å². The number of halogens is 10. The summed E-state index contributed by atoms with van der Waals surface area (Å²) in [6, 6.07) is 0. The molecule has 0 saturated heterocycles. The SMILES string of the molecule is O=S(=O)([O-])C(F)C(F)C(F)C(F)C(F)C(F)C(F)C(F)C(F)F.[Li+]. The van der Waals surface area contributed by atoms with Crippen LogP contribution < -0.4 is 18.9 Å². The molecule has 0 aromatic rings. The fraction of sp³-hybridized carbons (Fsp3) is 1.00. The van der Waals surface area contributed by atoms with E-state index in [0.717, 1.165) is 0 Å². The van der Waals surface area contributed by atoms with E-state index in [1.165, 1.54) is 0 Å². The van der Waals surface area contributed by atoms with Crippen molar-refractivity contribution >= 4 is 10.1 Å². The minimum Gasteiger partial charge on any atom is -0.746 e. The van der Waals surface area contributed by atoms with Gasteiger partial charge >= 0.3 is 18.9 Å². The standard InChI is InChI=1S/C9H10F10O3S.Li/c10-1(2(11)4(13)6(15)8(17)18)3(12)5(14)7(16)9(19)23(20,21)22;/h1-9H,(H,20,21,22);/q;+1/p-1. The molecule has 0 radical (unpaired) electrons. The van der Waals surface area contributed by atoms with Crippen LogP contribution in [-0.4, -0.2) is 68.1 Å². The minimum atomic E-state index is -6.12. The van der Waals surface area contributed by atoms with Crippen LogP contribution in [0.2, 0.25) is 0 Å². The number of hydrogen-bond donors (Lipinski definition) is 0. The summed E-state index contributed by atoms with van der Waals surface area (Å²) in [6.45, 7) is 0. The second-order valence-electron chi connectivity index (χ2n) is 4.29. The topological polar surface area (TPSA) is 57.2 Å². The van der Waals surface area contributed by atoms with E-state index >= 15 is 0 Å². The van der Waals surface area contributed by atoms with Crippen LogP contribution in [0.25, 0.3) is 0 Å². The van der Waals surface area contributed by atoms with E-state index in [1.54, 1.807) is 0 Å². The van der Waals surface area contributed by atoms with Gasteiger partial charge in [-0.25, -0.2) is 52.3 Å². The number of hydrogen-bond acceptors (Lipinski definition) is 3. The Morgan fingerprint density at radius 2 is 0.792 bits per heavy atom. The van der Waals surface area contributed by atoms with E-state index in [1.807, 2.05) is 0 Å². The Kier molecular flexibility index (Phi) is 10.9. The van der Waals surface area contributed by atoms with Crippen molar-refractivity contribution in [2.45, 2.75) is 55.1 Å². The minimum absolute atomic E-state index is 0. The summed E-state index contributed by atoms with van der Waals surface area (Å²) in [4.78, 5) is 0. The van der Waals surface area contributed by atoms with E-state index in [-0.39, 0.29) is 18.9 Å². The molecule has 0 saturated carbocycles. The Labute approximate surface area is 141 Å². The molecule has 0 fully saturated rings. The third kappa shape index (κ3) is 6.61. The number of alkyl halides is 10. The van der Waals surface area contributed by atoms with Gasteiger partial charge < -0.3 is 4.55 Å². The Morgan fingerprint density at radius 3 is 1.04 bits per heavy atom. The summed E-state index contributed by atoms with van der Waals surface area (Å²) in [5, 5.41) is 0. The Bertz CT molecular complexity index is 468. The van der Waals surface area contributed by atoms with Gasteiger partial charge in [-0.3, -0.25) is 0 Å². The van der Waals surface area contributed by atoms with Crippen LogP contribution in [0.4, 0.5) is 43.9 Å². The van der Waals surface area contributed by atoms with Gasteiger partial charge in [-0.2, -0.15) is 0 Å². The molecule has 0 aromatic carbocycles. The molecule has 0 bridgehead atoms. The predicted octanol–water partition coefficient (Wildman–Crippen LogP) is -0.537. The maximum atomic E-state index is 13.1. The molecule has 8 unspecified atom stereocenters. The second-order valence-corrected chi connectivity index (χ2v) is 5.73. The van der Waals surface area contributed by atoms with Crippen LogP contribution in [-0.2, 0) is 10.1 Å². The molecule has 3 nitrogen and oxygen atoms in total. The van der Waals surface area contributed by atoms with E-state index in [4.69, 9.17) is 0 Å². The van der Waals surface area contributed by atoms with Gasteiger partial charge in [-0.15, -0.1) is 0 Å². The fourth-order valence-corrected chi connectivity index (χ4v) is 1.79. The first-order valence-electron chi connectivity index (χ1n) is 5.58. The molecular formula is C9H9F10LiO3S. The van der Waals surface area contributed by atoms with Gasteiger partial charge in [0.05, 0.1) is 0 Å². The van der Waals surface area contributed by atoms with Gasteiger partial charge in [-0.1, -0.05) is 0 Å². The average Bonchev–Trinajstić information content (AvgIpc) is 2.47. The second kappa shape index (κ2) is 10.1. The molecule has 15 heteroatoms. The van der Waals surface area contributed by atoms with E-state index < -0.39 is 65.2 Å². The van der Waals surface area contributed by atoms with Crippen molar-refractivity contribution in [3.05, 3.63) is 0 Å². The summed E-state index contributed by atoms with van der Waals surface area (Å²) in [6.07, 6.45) is -32.4. The molecule has 0 aromatic heterocycles. The smallest absolute Gasteiger partial charge is 0.746 e. The van der Waals surface area contributed by atoms with Crippen molar-refractivity contribution in [1.82, 2.24) is 0 Å². The summed E-state index contributed by atoms with van der Waals surface area (Å²) in [7, 11) is -6.12. The molecule has 140 valence electrons. The van der Waals surface area contributed by atoms with E-state index in [0.29, 0.717) is 0 Å². The molecule has 0 aliphatic heterocycles. The number of rotatable bonds is 9. The first-order valence-corrected chi connectivity index (χ1v) is 7.06. The molecule has 0 aliphatic carbocycles. The van der Waals surface area contributed by atoms with E-state index in [2.05, 4.69) is 0 Å². The van der Waals surface area contributed by atoms with Gasteiger partial charge in [0.25, 0.3) is 6.43 Å². The molecule has 0 N–H and O–H groups in total. The fourth-order valence-electron chi connectivity index (χ4n) is 1.32. The zero-order valence-electron chi connectivity index (χ0n) is 11.6. The van der Waals surface area contributed by atoms with Gasteiger partial charge in [0.1, 0.15) is 10.1 Å². The summed E-state index contributed by atoms with van der Waals surface area (Å²) in [5.74, 6) is 0. The summed E-state index contributed by atoms with van der Waals surface area (Å²) in [5.41, 5.74) is -4.18. The van der Waals surface area contributed by atoms with Crippen LogP contribution in [0.3, 0.4) is 0 Å². The molecule has 0 heterocycles. The van der Waals surface area contributed by atoms with Gasteiger partial charge in [-0.05, 0) is 0 Å². The summed E-state index contributed by atoms with van der Waals surface area (Å²) >= 11 is 0. The van der Waals surface area contributed by atoms with Gasteiger partial charge in [0.2, 0.25) is 5.50 Å². The predicted molar refractivity (Wildman–Crippen MR) is 54.9 cm³/mol. The monoisotopic (exact) mass is 394 g/mol. The van der Waals surface area contributed by atoms with Crippen molar-refractivity contribution < 1.29 is 75.7 Å². The zero-order chi connectivity index (χ0) is 18.7. The summed E-state index contributed by atoms with van der Waals surface area (Å²) < 4.78 is 157. The third-order valence-electron chi connectivity index (χ3n) is 2.59. The average molecular weight is 394 g/mol. The van der Waals surface area contributed by atoms with Crippen LogP contribution >= 0.6 is 0 Å². The van der Waals surface area contributed by atoms with Crippen molar-refractivity contribution in [3.8, 4) is 0 Å². The van der Waals surface area contributed by atoms with Crippen LogP contribution in [0.1, 0.15) is 0 Å². The van der Waals surface area contributed by atoms with E-state index in [9.17, 15) is 56.9 Å². The first-order chi connectivity index (χ1) is 10.2. The molecule has 0 amide bonds. The Balaban J connectivity index is 0. The molecular weight excluding hydrogens is 385 g/mol. The maximum Gasteiger partial charge on any atom is 1.00 e. The molecule has 8 atom stereocenters. The van der Waals surface area contributed by atoms with Crippen LogP contribution in [0.5, 0.6) is 0 Å². The molecule has 0 spiro atoms. The zero-order valence-corrected chi connectivity index (χ0v) is 12.4. The van der Waals surface area contributed by atoms with Crippen molar-refractivity contribution in [2.75, 3.05) is 0 Å². The molecule has 0 rings (SSSR count). The van der Waals surface area contributed by atoms with Crippen molar-refractivity contribution in [2.24, 2.45) is 0 Å². The van der Waals surface area contributed by atoms with Crippen LogP contribution in [0.15, 0.2) is 0 Å². The van der Waals surface area contributed by atoms with Gasteiger partial charge in [0.15, 0.2) is 43.2 Å². The Morgan fingerprint density at radius 1 is 0.542 bits per heavy atom. The molecule has 0 aliphatic rings. The van der Waals surface area contributed by atoms with Gasteiger partial charge in [0, 0.05) is 0 Å². The third-order valence-corrected chi connectivity index (χ3v) is 3.40. The quantitative estimate of drug-likeness (QED) is 0.300. The van der Waals surface area contributed by atoms with Crippen molar-refractivity contribution in [3.63, 3.8) is 0 Å². The maximum absolute atomic E-state index is 13.1.